The molecular weight excluding hydrogens is 232 g/mol. The number of aryl methyl sites for hydroxylation is 1. The smallest absolute Gasteiger partial charge is 0.321 e. The zero-order chi connectivity index (χ0) is 13.5. The first-order valence-electron chi connectivity index (χ1n) is 5.74. The second-order valence-electron chi connectivity index (χ2n) is 4.05. The van der Waals surface area contributed by atoms with Crippen molar-refractivity contribution in [3.8, 4) is 5.75 Å². The summed E-state index contributed by atoms with van der Waals surface area (Å²) in [5.41, 5.74) is 1.73. The Morgan fingerprint density at radius 3 is 2.72 bits per heavy atom. The van der Waals surface area contributed by atoms with Crippen LogP contribution in [0.2, 0.25) is 0 Å². The molecular formula is C13H20N2O3. The summed E-state index contributed by atoms with van der Waals surface area (Å²) in [6.45, 7) is 3.01. The second-order valence-corrected chi connectivity index (χ2v) is 4.05. The highest BCUT2D eigenvalue weighted by Gasteiger charge is 2.11. The van der Waals surface area contributed by atoms with E-state index in [2.05, 4.69) is 5.32 Å². The third kappa shape index (κ3) is 3.92. The molecule has 5 heteroatoms. The zero-order valence-electron chi connectivity index (χ0n) is 11.3. The third-order valence-electron chi connectivity index (χ3n) is 2.57. The standard InChI is InChI=1S/C13H20N2O3/c1-10-5-6-12(18-4)11(9-10)14-13(16)15(2)7-8-17-3/h5-6,9H,7-8H2,1-4H3,(H,14,16). The van der Waals surface area contributed by atoms with E-state index in [0.717, 1.165) is 5.56 Å². The summed E-state index contributed by atoms with van der Waals surface area (Å²) in [6, 6.07) is 5.46. The van der Waals surface area contributed by atoms with Crippen molar-refractivity contribution >= 4 is 11.7 Å². The second kappa shape index (κ2) is 6.86. The molecule has 0 aliphatic rings. The molecule has 2 amide bonds. The normalized spacial score (nSPS) is 10.0. The minimum absolute atomic E-state index is 0.184. The molecule has 0 heterocycles. The number of anilines is 1. The first-order valence-corrected chi connectivity index (χ1v) is 5.74. The first-order chi connectivity index (χ1) is 8.58. The number of urea groups is 1. The summed E-state index contributed by atoms with van der Waals surface area (Å²) >= 11 is 0. The zero-order valence-corrected chi connectivity index (χ0v) is 11.3. The lowest BCUT2D eigenvalue weighted by atomic mass is 10.2. The number of methoxy groups -OCH3 is 2. The summed E-state index contributed by atoms with van der Waals surface area (Å²) in [5.74, 6) is 0.647. The van der Waals surface area contributed by atoms with Gasteiger partial charge in [0.05, 0.1) is 19.4 Å². The van der Waals surface area contributed by atoms with Gasteiger partial charge in [0.25, 0.3) is 0 Å². The highest BCUT2D eigenvalue weighted by atomic mass is 16.5. The lowest BCUT2D eigenvalue weighted by Gasteiger charge is -2.18. The van der Waals surface area contributed by atoms with Gasteiger partial charge < -0.3 is 19.7 Å². The molecule has 18 heavy (non-hydrogen) atoms. The van der Waals surface area contributed by atoms with Gasteiger partial charge in [-0.1, -0.05) is 6.07 Å². The van der Waals surface area contributed by atoms with Crippen molar-refractivity contribution in [2.24, 2.45) is 0 Å². The van der Waals surface area contributed by atoms with Gasteiger partial charge >= 0.3 is 6.03 Å². The van der Waals surface area contributed by atoms with E-state index < -0.39 is 0 Å². The minimum Gasteiger partial charge on any atom is -0.495 e. The highest BCUT2D eigenvalue weighted by molar-refractivity contribution is 5.90. The van der Waals surface area contributed by atoms with E-state index >= 15 is 0 Å². The largest absolute Gasteiger partial charge is 0.495 e. The van der Waals surface area contributed by atoms with E-state index in [4.69, 9.17) is 9.47 Å². The van der Waals surface area contributed by atoms with Gasteiger partial charge in [-0.3, -0.25) is 0 Å². The predicted octanol–water partition coefficient (Wildman–Crippen LogP) is 2.11. The Kier molecular flexibility index (Phi) is 5.45. The minimum atomic E-state index is -0.184. The van der Waals surface area contributed by atoms with Gasteiger partial charge in [0.15, 0.2) is 0 Å². The van der Waals surface area contributed by atoms with Gasteiger partial charge in [0, 0.05) is 20.7 Å². The van der Waals surface area contributed by atoms with Crippen LogP contribution in [0, 0.1) is 6.92 Å². The van der Waals surface area contributed by atoms with Crippen LogP contribution < -0.4 is 10.1 Å². The lowest BCUT2D eigenvalue weighted by molar-refractivity contribution is 0.165. The van der Waals surface area contributed by atoms with Crippen molar-refractivity contribution in [1.29, 1.82) is 0 Å². The summed E-state index contributed by atoms with van der Waals surface area (Å²) in [4.78, 5) is 13.5. The summed E-state index contributed by atoms with van der Waals surface area (Å²) in [6.07, 6.45) is 0. The molecule has 0 saturated carbocycles. The topological polar surface area (TPSA) is 50.8 Å². The van der Waals surface area contributed by atoms with Crippen LogP contribution in [0.15, 0.2) is 18.2 Å². The van der Waals surface area contributed by atoms with Gasteiger partial charge in [0.1, 0.15) is 5.75 Å². The maximum absolute atomic E-state index is 11.9. The van der Waals surface area contributed by atoms with E-state index in [1.165, 1.54) is 0 Å². The molecule has 0 saturated heterocycles. The van der Waals surface area contributed by atoms with Crippen molar-refractivity contribution < 1.29 is 14.3 Å². The molecule has 1 aromatic rings. The number of carbonyl (C=O) groups is 1. The number of hydrogen-bond donors (Lipinski definition) is 1. The first kappa shape index (κ1) is 14.3. The monoisotopic (exact) mass is 252 g/mol. The number of likely N-dealkylation sites (N-methyl/N-ethyl adjacent to an activating group) is 1. The van der Waals surface area contributed by atoms with Crippen molar-refractivity contribution in [2.75, 3.05) is 39.7 Å². The van der Waals surface area contributed by atoms with E-state index in [-0.39, 0.29) is 6.03 Å². The molecule has 0 aliphatic heterocycles. The molecule has 5 nitrogen and oxygen atoms in total. The Bertz CT molecular complexity index is 407. The van der Waals surface area contributed by atoms with Crippen molar-refractivity contribution in [2.45, 2.75) is 6.92 Å². The molecule has 100 valence electrons. The van der Waals surface area contributed by atoms with Crippen LogP contribution in [-0.4, -0.2) is 45.3 Å². The van der Waals surface area contributed by atoms with Crippen molar-refractivity contribution in [3.63, 3.8) is 0 Å². The SMILES string of the molecule is COCCN(C)C(=O)Nc1cc(C)ccc1OC. The maximum atomic E-state index is 11.9. The molecule has 0 aromatic heterocycles. The van der Waals surface area contributed by atoms with Crippen LogP contribution in [0.5, 0.6) is 5.75 Å². The number of rotatable bonds is 5. The average molecular weight is 252 g/mol. The van der Waals surface area contributed by atoms with Gasteiger partial charge in [-0.05, 0) is 24.6 Å². The fourth-order valence-corrected chi connectivity index (χ4v) is 1.46. The number of hydrogen-bond acceptors (Lipinski definition) is 3. The molecule has 0 bridgehead atoms. The van der Waals surface area contributed by atoms with Gasteiger partial charge in [-0.15, -0.1) is 0 Å². The summed E-state index contributed by atoms with van der Waals surface area (Å²) < 4.78 is 10.1. The van der Waals surface area contributed by atoms with Crippen LogP contribution in [0.3, 0.4) is 0 Å². The van der Waals surface area contributed by atoms with Crippen LogP contribution in [0.4, 0.5) is 10.5 Å². The average Bonchev–Trinajstić information content (AvgIpc) is 2.36. The molecule has 0 radical (unpaired) electrons. The van der Waals surface area contributed by atoms with Crippen LogP contribution in [0.25, 0.3) is 0 Å². The Morgan fingerprint density at radius 1 is 1.39 bits per heavy atom. The van der Waals surface area contributed by atoms with Gasteiger partial charge in [-0.25, -0.2) is 4.79 Å². The molecule has 0 unspecified atom stereocenters. The number of benzene rings is 1. The van der Waals surface area contributed by atoms with Gasteiger partial charge in [0.2, 0.25) is 0 Å². The van der Waals surface area contributed by atoms with Crippen LogP contribution >= 0.6 is 0 Å². The quantitative estimate of drug-likeness (QED) is 0.873. The van der Waals surface area contributed by atoms with E-state index in [9.17, 15) is 4.79 Å². The number of amides is 2. The Balaban J connectivity index is 2.71. The fourth-order valence-electron chi connectivity index (χ4n) is 1.46. The third-order valence-corrected chi connectivity index (χ3v) is 2.57. The number of nitrogens with one attached hydrogen (secondary N) is 1. The van der Waals surface area contributed by atoms with E-state index in [1.54, 1.807) is 26.2 Å². The number of nitrogens with zero attached hydrogens (tertiary/aromatic N) is 1. The van der Waals surface area contributed by atoms with Crippen molar-refractivity contribution in [1.82, 2.24) is 4.90 Å². The highest BCUT2D eigenvalue weighted by Crippen LogP contribution is 2.25. The van der Waals surface area contributed by atoms with E-state index in [0.29, 0.717) is 24.6 Å². The maximum Gasteiger partial charge on any atom is 0.321 e. The predicted molar refractivity (Wildman–Crippen MR) is 71.3 cm³/mol. The van der Waals surface area contributed by atoms with Crippen LogP contribution in [0.1, 0.15) is 5.56 Å². The molecule has 1 aromatic carbocycles. The fraction of sp³-hybridized carbons (Fsp3) is 0.462. The molecule has 1 rings (SSSR count). The summed E-state index contributed by atoms with van der Waals surface area (Å²) in [7, 11) is 4.90. The van der Waals surface area contributed by atoms with Crippen molar-refractivity contribution in [3.05, 3.63) is 23.8 Å². The van der Waals surface area contributed by atoms with Crippen LogP contribution in [-0.2, 0) is 4.74 Å². The Hall–Kier alpha value is -1.75. The van der Waals surface area contributed by atoms with E-state index in [1.807, 2.05) is 25.1 Å². The number of ether oxygens (including phenoxy) is 2. The molecule has 0 aliphatic carbocycles. The molecule has 0 fully saturated rings. The Morgan fingerprint density at radius 2 is 2.11 bits per heavy atom. The molecule has 1 N–H and O–H groups in total. The number of carbonyl (C=O) groups excluding carboxylic acids is 1. The lowest BCUT2D eigenvalue weighted by Crippen LogP contribution is -2.33. The summed E-state index contributed by atoms with van der Waals surface area (Å²) in [5, 5.41) is 2.82. The molecule has 0 atom stereocenters. The molecule has 0 spiro atoms. The van der Waals surface area contributed by atoms with Gasteiger partial charge in [-0.2, -0.15) is 0 Å². The Labute approximate surface area is 108 Å².